The molecule has 1 heterocycles. The molecule has 9 heteroatoms. The first-order chi connectivity index (χ1) is 14.3. The molecular weight excluding hydrogens is 404 g/mol. The fourth-order valence-electron chi connectivity index (χ4n) is 2.94. The Hall–Kier alpha value is -3.17. The number of benzene rings is 2. The molecule has 0 fully saturated rings. The lowest BCUT2D eigenvalue weighted by Gasteiger charge is -2.09. The average Bonchev–Trinajstić information content (AvgIpc) is 3.14. The fourth-order valence-corrected chi connectivity index (χ4v) is 3.92. The zero-order valence-electron chi connectivity index (χ0n) is 16.6. The molecule has 0 saturated heterocycles. The Labute approximate surface area is 175 Å². The van der Waals surface area contributed by atoms with E-state index < -0.39 is 22.5 Å². The van der Waals surface area contributed by atoms with E-state index in [-0.39, 0.29) is 17.3 Å². The summed E-state index contributed by atoms with van der Waals surface area (Å²) in [7, 11) is -3.78. The van der Waals surface area contributed by atoms with Gasteiger partial charge in [0, 0.05) is 23.6 Å². The summed E-state index contributed by atoms with van der Waals surface area (Å²) in [6.45, 7) is 1.61. The third-order valence-electron chi connectivity index (χ3n) is 4.59. The van der Waals surface area contributed by atoms with Crippen molar-refractivity contribution in [2.24, 2.45) is 0 Å². The van der Waals surface area contributed by atoms with E-state index in [1.54, 1.807) is 12.1 Å². The maximum absolute atomic E-state index is 12.2. The van der Waals surface area contributed by atoms with Gasteiger partial charge in [-0.2, -0.15) is 0 Å². The van der Waals surface area contributed by atoms with Gasteiger partial charge >= 0.3 is 0 Å². The number of carbonyl (C=O) groups is 2. The van der Waals surface area contributed by atoms with Gasteiger partial charge in [0.2, 0.25) is 21.8 Å². The molecule has 1 aromatic heterocycles. The van der Waals surface area contributed by atoms with E-state index in [0.717, 1.165) is 22.0 Å². The van der Waals surface area contributed by atoms with E-state index in [1.165, 1.54) is 12.1 Å². The van der Waals surface area contributed by atoms with Crippen molar-refractivity contribution in [3.63, 3.8) is 0 Å². The normalized spacial score (nSPS) is 11.4. The topological polar surface area (TPSA) is 120 Å². The first-order valence-corrected chi connectivity index (χ1v) is 11.0. The van der Waals surface area contributed by atoms with Gasteiger partial charge < -0.3 is 15.6 Å². The van der Waals surface area contributed by atoms with E-state index in [0.29, 0.717) is 13.0 Å². The SMILES string of the molecule is Cc1ccc(S(=O)(=O)NCC(=O)NCC(=O)NCCc2c[nH]c3ccccc23)cc1. The second-order valence-electron chi connectivity index (χ2n) is 6.87. The zero-order valence-corrected chi connectivity index (χ0v) is 17.4. The fraction of sp³-hybridized carbons (Fsp3) is 0.238. The van der Waals surface area contributed by atoms with Crippen molar-refractivity contribution in [1.29, 1.82) is 0 Å². The Morgan fingerprint density at radius 2 is 1.63 bits per heavy atom. The minimum atomic E-state index is -3.78. The minimum Gasteiger partial charge on any atom is -0.361 e. The number of aryl methyl sites for hydroxylation is 1. The smallest absolute Gasteiger partial charge is 0.241 e. The van der Waals surface area contributed by atoms with Crippen LogP contribution in [0.5, 0.6) is 0 Å². The highest BCUT2D eigenvalue weighted by molar-refractivity contribution is 7.89. The van der Waals surface area contributed by atoms with Crippen LogP contribution in [0.2, 0.25) is 0 Å². The van der Waals surface area contributed by atoms with Gasteiger partial charge in [0.05, 0.1) is 18.0 Å². The van der Waals surface area contributed by atoms with Gasteiger partial charge in [-0.25, -0.2) is 13.1 Å². The summed E-state index contributed by atoms with van der Waals surface area (Å²) in [6, 6.07) is 14.2. The van der Waals surface area contributed by atoms with Crippen molar-refractivity contribution in [3.8, 4) is 0 Å². The predicted molar refractivity (Wildman–Crippen MR) is 114 cm³/mol. The molecule has 8 nitrogen and oxygen atoms in total. The Kier molecular flexibility index (Phi) is 6.86. The molecule has 0 atom stereocenters. The van der Waals surface area contributed by atoms with Crippen LogP contribution in [0.3, 0.4) is 0 Å². The third kappa shape index (κ3) is 5.68. The van der Waals surface area contributed by atoms with Crippen LogP contribution in [-0.4, -0.2) is 44.9 Å². The van der Waals surface area contributed by atoms with Crippen molar-refractivity contribution < 1.29 is 18.0 Å². The van der Waals surface area contributed by atoms with Gasteiger partial charge in [-0.3, -0.25) is 9.59 Å². The molecule has 0 radical (unpaired) electrons. The lowest BCUT2D eigenvalue weighted by atomic mass is 10.1. The quantitative estimate of drug-likeness (QED) is 0.410. The standard InChI is InChI=1S/C21H24N4O4S/c1-15-6-8-17(9-7-15)30(28,29)25-14-21(27)24-13-20(26)22-11-10-16-12-23-19-5-3-2-4-18(16)19/h2-9,12,23,25H,10-11,13-14H2,1H3,(H,22,26)(H,24,27). The van der Waals surface area contributed by atoms with Crippen LogP contribution in [0.15, 0.2) is 59.6 Å². The molecule has 0 aliphatic heterocycles. The van der Waals surface area contributed by atoms with Crippen LogP contribution in [0, 0.1) is 6.92 Å². The van der Waals surface area contributed by atoms with E-state index in [9.17, 15) is 18.0 Å². The number of aromatic amines is 1. The highest BCUT2D eigenvalue weighted by atomic mass is 32.2. The number of hydrogen-bond donors (Lipinski definition) is 4. The predicted octanol–water partition coefficient (Wildman–Crippen LogP) is 1.23. The Morgan fingerprint density at radius 3 is 2.40 bits per heavy atom. The van der Waals surface area contributed by atoms with Crippen molar-refractivity contribution in [2.75, 3.05) is 19.6 Å². The highest BCUT2D eigenvalue weighted by Crippen LogP contribution is 2.17. The number of nitrogens with one attached hydrogen (secondary N) is 4. The molecule has 158 valence electrons. The van der Waals surface area contributed by atoms with Crippen LogP contribution >= 0.6 is 0 Å². The van der Waals surface area contributed by atoms with Gasteiger partial charge in [0.15, 0.2) is 0 Å². The molecule has 0 aliphatic carbocycles. The first-order valence-electron chi connectivity index (χ1n) is 9.50. The molecule has 3 aromatic rings. The van der Waals surface area contributed by atoms with Crippen LogP contribution in [0.25, 0.3) is 10.9 Å². The number of hydrogen-bond acceptors (Lipinski definition) is 4. The Morgan fingerprint density at radius 1 is 0.933 bits per heavy atom. The molecule has 2 amide bonds. The number of carbonyl (C=O) groups excluding carboxylic acids is 2. The van der Waals surface area contributed by atoms with E-state index in [1.807, 2.05) is 37.4 Å². The summed E-state index contributed by atoms with van der Waals surface area (Å²) < 4.78 is 26.5. The molecule has 2 aromatic carbocycles. The van der Waals surface area contributed by atoms with E-state index >= 15 is 0 Å². The molecule has 0 unspecified atom stereocenters. The van der Waals surface area contributed by atoms with Crippen LogP contribution in [0.1, 0.15) is 11.1 Å². The van der Waals surface area contributed by atoms with Crippen molar-refractivity contribution in [3.05, 3.63) is 65.9 Å². The molecule has 0 aliphatic rings. The number of aromatic nitrogens is 1. The highest BCUT2D eigenvalue weighted by Gasteiger charge is 2.15. The molecule has 0 saturated carbocycles. The monoisotopic (exact) mass is 428 g/mol. The molecule has 30 heavy (non-hydrogen) atoms. The van der Waals surface area contributed by atoms with Gasteiger partial charge in [-0.05, 0) is 37.1 Å². The van der Waals surface area contributed by atoms with Gasteiger partial charge in [-0.1, -0.05) is 35.9 Å². The largest absolute Gasteiger partial charge is 0.361 e. The molecule has 0 bridgehead atoms. The summed E-state index contributed by atoms with van der Waals surface area (Å²) in [6.07, 6.45) is 2.57. The van der Waals surface area contributed by atoms with E-state index in [4.69, 9.17) is 0 Å². The summed E-state index contributed by atoms with van der Waals surface area (Å²) in [5.74, 6) is -0.929. The summed E-state index contributed by atoms with van der Waals surface area (Å²) in [5.41, 5.74) is 3.07. The average molecular weight is 429 g/mol. The summed E-state index contributed by atoms with van der Waals surface area (Å²) in [5, 5.41) is 6.26. The number of amides is 2. The minimum absolute atomic E-state index is 0.0796. The third-order valence-corrected chi connectivity index (χ3v) is 6.01. The molecule has 4 N–H and O–H groups in total. The number of rotatable bonds is 9. The molecule has 3 rings (SSSR count). The number of para-hydroxylation sites is 1. The Bertz CT molecular complexity index is 1140. The second kappa shape index (κ2) is 9.55. The maximum atomic E-state index is 12.2. The summed E-state index contributed by atoms with van der Waals surface area (Å²) in [4.78, 5) is 27.0. The summed E-state index contributed by atoms with van der Waals surface area (Å²) >= 11 is 0. The number of H-pyrrole nitrogens is 1. The van der Waals surface area contributed by atoms with Crippen molar-refractivity contribution in [1.82, 2.24) is 20.3 Å². The van der Waals surface area contributed by atoms with Gasteiger partial charge in [0.25, 0.3) is 0 Å². The van der Waals surface area contributed by atoms with Crippen LogP contribution < -0.4 is 15.4 Å². The lowest BCUT2D eigenvalue weighted by molar-refractivity contribution is -0.125. The van der Waals surface area contributed by atoms with Gasteiger partial charge in [-0.15, -0.1) is 0 Å². The number of sulfonamides is 1. The van der Waals surface area contributed by atoms with Crippen molar-refractivity contribution >= 4 is 32.7 Å². The second-order valence-corrected chi connectivity index (χ2v) is 8.64. The van der Waals surface area contributed by atoms with Crippen LogP contribution in [-0.2, 0) is 26.0 Å². The lowest BCUT2D eigenvalue weighted by Crippen LogP contribution is -2.42. The Balaban J connectivity index is 1.38. The van der Waals surface area contributed by atoms with E-state index in [2.05, 4.69) is 20.3 Å². The van der Waals surface area contributed by atoms with Crippen LogP contribution in [0.4, 0.5) is 0 Å². The molecule has 0 spiro atoms. The first kappa shape index (κ1) is 21.5. The maximum Gasteiger partial charge on any atom is 0.241 e. The number of fused-ring (bicyclic) bond motifs is 1. The van der Waals surface area contributed by atoms with Crippen molar-refractivity contribution in [2.45, 2.75) is 18.2 Å². The van der Waals surface area contributed by atoms with Gasteiger partial charge in [0.1, 0.15) is 0 Å². The molecular formula is C21H24N4O4S. The zero-order chi connectivity index (χ0) is 21.6.